The Morgan fingerprint density at radius 1 is 0.441 bits per heavy atom. The Labute approximate surface area is 530 Å². The summed E-state index contributed by atoms with van der Waals surface area (Å²) in [5, 5.41) is 238. The molecule has 0 radical (unpaired) electrons. The summed E-state index contributed by atoms with van der Waals surface area (Å²) in [6.07, 6.45) is -40.3. The van der Waals surface area contributed by atoms with Gasteiger partial charge in [0.05, 0.1) is 50.6 Å². The number of fused-ring (bicyclic) bond motifs is 1. The van der Waals surface area contributed by atoms with Gasteiger partial charge in [-0.15, -0.1) is 0 Å². The van der Waals surface area contributed by atoms with Crippen LogP contribution in [0.4, 0.5) is 0 Å². The number of hydrogen-bond donors (Lipinski definition) is 21. The lowest BCUT2D eigenvalue weighted by atomic mass is 9.76. The molecule has 0 aliphatic carbocycles. The molecule has 514 valence electrons. The second-order valence-electron chi connectivity index (χ2n) is 23.7. The van der Waals surface area contributed by atoms with Crippen LogP contribution in [-0.2, 0) is 31.8 Å². The van der Waals surface area contributed by atoms with Gasteiger partial charge in [0.25, 0.3) is 0 Å². The molecule has 5 aliphatic rings. The molecule has 0 saturated carbocycles. The summed E-state index contributed by atoms with van der Waals surface area (Å²) in [5.41, 5.74) is -1.96. The number of aromatic hydroxyl groups is 4. The first-order valence-corrected chi connectivity index (χ1v) is 29.6. The number of phenols is 4. The van der Waals surface area contributed by atoms with Gasteiger partial charge in [0.1, 0.15) is 161 Å². The van der Waals surface area contributed by atoms with Crippen LogP contribution in [0, 0.1) is 0 Å². The number of aliphatic hydroxyl groups is 17. The summed E-state index contributed by atoms with van der Waals surface area (Å²) in [5.74, 6) is -8.27. The van der Waals surface area contributed by atoms with Crippen LogP contribution < -0.4 is 28.4 Å². The summed E-state index contributed by atoms with van der Waals surface area (Å²) in [6, 6.07) is 8.43. The van der Waals surface area contributed by atoms with E-state index in [1.807, 2.05) is 0 Å². The molecular formula is C62H80O31. The zero-order chi connectivity index (χ0) is 67.9. The van der Waals surface area contributed by atoms with Gasteiger partial charge in [-0.3, -0.25) is 0 Å². The third-order valence-corrected chi connectivity index (χ3v) is 16.9. The van der Waals surface area contributed by atoms with E-state index >= 15 is 0 Å². The predicted octanol–water partition coefficient (Wildman–Crippen LogP) is -3.46. The monoisotopic (exact) mass is 1320 g/mol. The van der Waals surface area contributed by atoms with E-state index < -0.39 is 237 Å². The number of rotatable bonds is 20. The van der Waals surface area contributed by atoms with E-state index in [0.29, 0.717) is 11.1 Å². The van der Waals surface area contributed by atoms with Crippen molar-refractivity contribution in [3.63, 3.8) is 0 Å². The highest BCUT2D eigenvalue weighted by atomic mass is 16.7. The van der Waals surface area contributed by atoms with Gasteiger partial charge in [-0.1, -0.05) is 35.4 Å². The third kappa shape index (κ3) is 13.9. The normalized spacial score (nSPS) is 34.4. The fourth-order valence-corrected chi connectivity index (χ4v) is 11.7. The van der Waals surface area contributed by atoms with Crippen molar-refractivity contribution in [1.82, 2.24) is 0 Å². The van der Waals surface area contributed by atoms with Crippen molar-refractivity contribution < 1.29 is 155 Å². The maximum absolute atomic E-state index is 13.8. The largest absolute Gasteiger partial charge is 0.508 e. The lowest BCUT2D eigenvalue weighted by Gasteiger charge is -2.42. The minimum Gasteiger partial charge on any atom is -0.508 e. The maximum Gasteiger partial charge on any atom is 0.229 e. The Kier molecular flexibility index (Phi) is 22.3. The standard InChI is InChI=1S/C62H80O31/c1-21(2)6-12-26-29(87-60-53(81)49(77)43(71)33(18-64)89-60)16-28(68)36(57(26)92-61-54(82)50(78)44(72)34(19-65)90-61)39-41(69)27(13-7-22(3)4)58(93-62-55(83)51(79)45(73)35(20-66)91-62)40(46(39)74)38-37-30(84-5)14-25(85-59-52(80)48(76)42(70)32(17-63)88-59)15-31(37)86-56(47(38)75)23-8-10-24(67)11-9-23/h6-11,14-16,32-35,38,42-45,47-56,59-83H,12-13,17-20H2,1-5H3. The molecule has 9 rings (SSSR count). The lowest BCUT2D eigenvalue weighted by Crippen LogP contribution is -2.60. The van der Waals surface area contributed by atoms with Crippen LogP contribution in [0.25, 0.3) is 11.1 Å². The second-order valence-corrected chi connectivity index (χ2v) is 23.7. The number of methoxy groups -OCH3 is 1. The number of allylic oxidation sites excluding steroid dienone is 4. The first kappa shape index (κ1) is 70.8. The number of ether oxygens (including phenoxy) is 10. The SMILES string of the molecule is COc1cc(OC2OC(CO)C(O)C(O)C2O)cc2c1C(c1c(O)c(-c3c(O)cc(OC4OC(CO)C(O)C(O)C4O)c(CC=C(C)C)c3OC3OC(CO)C(O)C(O)C3O)c(O)c(CC=C(C)C)c1OC1OC(CO)C(O)C(O)C1O)C(O)C(c1ccc(O)cc1)O2. The second kappa shape index (κ2) is 29.3. The van der Waals surface area contributed by atoms with Crippen molar-refractivity contribution in [1.29, 1.82) is 0 Å². The van der Waals surface area contributed by atoms with Crippen molar-refractivity contribution in [3.05, 3.63) is 93.6 Å². The molecule has 4 saturated heterocycles. The van der Waals surface area contributed by atoms with Crippen molar-refractivity contribution in [3.8, 4) is 68.6 Å². The maximum atomic E-state index is 13.8. The van der Waals surface area contributed by atoms with E-state index in [1.54, 1.807) is 33.8 Å². The molecule has 0 aromatic heterocycles. The molecule has 23 atom stereocenters. The van der Waals surface area contributed by atoms with E-state index in [9.17, 15) is 107 Å². The Balaban J connectivity index is 1.40. The van der Waals surface area contributed by atoms with Crippen LogP contribution in [-0.4, -0.2) is 270 Å². The van der Waals surface area contributed by atoms with E-state index in [-0.39, 0.29) is 39.7 Å². The lowest BCUT2D eigenvalue weighted by molar-refractivity contribution is -0.278. The van der Waals surface area contributed by atoms with Gasteiger partial charge in [0.15, 0.2) is 6.10 Å². The first-order chi connectivity index (χ1) is 44.1. The molecule has 0 spiro atoms. The van der Waals surface area contributed by atoms with Crippen molar-refractivity contribution in [2.24, 2.45) is 0 Å². The topological polar surface area (TPSA) is 517 Å². The summed E-state index contributed by atoms with van der Waals surface area (Å²) in [6.45, 7) is 2.88. The van der Waals surface area contributed by atoms with Gasteiger partial charge in [0.2, 0.25) is 25.2 Å². The van der Waals surface area contributed by atoms with Crippen LogP contribution in [0.3, 0.4) is 0 Å². The third-order valence-electron chi connectivity index (χ3n) is 16.9. The highest BCUT2D eigenvalue weighted by Gasteiger charge is 2.52. The zero-order valence-electron chi connectivity index (χ0n) is 50.7. The minimum atomic E-state index is -2.24. The van der Waals surface area contributed by atoms with Crippen LogP contribution >= 0.6 is 0 Å². The van der Waals surface area contributed by atoms with E-state index in [1.165, 1.54) is 42.5 Å². The summed E-state index contributed by atoms with van der Waals surface area (Å²) < 4.78 is 60.9. The average molecular weight is 1320 g/mol. The molecule has 21 N–H and O–H groups in total. The average Bonchev–Trinajstić information content (AvgIpc) is 0.723. The van der Waals surface area contributed by atoms with Gasteiger partial charge in [-0.2, -0.15) is 0 Å². The van der Waals surface area contributed by atoms with E-state index in [4.69, 9.17) is 47.4 Å². The van der Waals surface area contributed by atoms with Gasteiger partial charge in [-0.05, 0) is 58.2 Å². The quantitative estimate of drug-likeness (QED) is 0.0383. The van der Waals surface area contributed by atoms with Gasteiger partial charge < -0.3 is 155 Å². The number of phenolic OH excluding ortho intramolecular Hbond substituents is 4. The Morgan fingerprint density at radius 2 is 0.871 bits per heavy atom. The molecule has 4 fully saturated rings. The van der Waals surface area contributed by atoms with Crippen molar-refractivity contribution >= 4 is 0 Å². The van der Waals surface area contributed by atoms with Crippen LogP contribution in [0.1, 0.15) is 67.5 Å². The molecule has 93 heavy (non-hydrogen) atoms. The predicted molar refractivity (Wildman–Crippen MR) is 313 cm³/mol. The smallest absolute Gasteiger partial charge is 0.229 e. The summed E-state index contributed by atoms with van der Waals surface area (Å²) in [7, 11) is 1.15. The highest BCUT2D eigenvalue weighted by Crippen LogP contribution is 2.62. The number of aliphatic hydroxyl groups excluding tert-OH is 17. The fraction of sp³-hybridized carbons (Fsp3) is 0.548. The Morgan fingerprint density at radius 3 is 1.31 bits per heavy atom. The highest BCUT2D eigenvalue weighted by molar-refractivity contribution is 5.91. The molecule has 31 heteroatoms. The van der Waals surface area contributed by atoms with Gasteiger partial charge in [0, 0.05) is 40.5 Å². The number of benzene rings is 4. The van der Waals surface area contributed by atoms with Crippen molar-refractivity contribution in [2.45, 2.75) is 181 Å². The molecular weight excluding hydrogens is 1240 g/mol. The van der Waals surface area contributed by atoms with Crippen LogP contribution in [0.15, 0.2) is 65.8 Å². The Bertz CT molecular complexity index is 3290. The fourth-order valence-electron chi connectivity index (χ4n) is 11.7. The zero-order valence-corrected chi connectivity index (χ0v) is 50.7. The van der Waals surface area contributed by atoms with E-state index in [2.05, 4.69) is 0 Å². The molecule has 5 aliphatic heterocycles. The first-order valence-electron chi connectivity index (χ1n) is 29.6. The van der Waals surface area contributed by atoms with E-state index in [0.717, 1.165) is 13.2 Å². The molecule has 23 unspecified atom stereocenters. The number of hydrogen-bond acceptors (Lipinski definition) is 31. The van der Waals surface area contributed by atoms with Crippen LogP contribution in [0.2, 0.25) is 0 Å². The molecule has 5 heterocycles. The van der Waals surface area contributed by atoms with Crippen LogP contribution in [0.5, 0.6) is 57.5 Å². The van der Waals surface area contributed by atoms with Crippen molar-refractivity contribution in [2.75, 3.05) is 33.5 Å². The minimum absolute atomic E-state index is 0.113. The summed E-state index contributed by atoms with van der Waals surface area (Å²) >= 11 is 0. The molecule has 0 amide bonds. The van der Waals surface area contributed by atoms with Gasteiger partial charge in [-0.25, -0.2) is 0 Å². The molecule has 4 aromatic carbocycles. The molecule has 4 aromatic rings. The van der Waals surface area contributed by atoms with Gasteiger partial charge >= 0.3 is 0 Å². The summed E-state index contributed by atoms with van der Waals surface area (Å²) in [4.78, 5) is 0. The molecule has 0 bridgehead atoms. The molecule has 31 nitrogen and oxygen atoms in total. The Hall–Kier alpha value is -6.48.